The quantitative estimate of drug-likeness (QED) is 0.786. The number of nitrogen functional groups attached to an aromatic ring is 1. The van der Waals surface area contributed by atoms with Crippen LogP contribution in [0.25, 0.3) is 0 Å². The third-order valence-electron chi connectivity index (χ3n) is 2.92. The zero-order valence-corrected chi connectivity index (χ0v) is 13.0. The average Bonchev–Trinajstić information content (AvgIpc) is 2.31. The predicted octanol–water partition coefficient (Wildman–Crippen LogP) is 1.98. The minimum atomic E-state index is -3.36. The molecule has 0 spiro atoms. The first-order chi connectivity index (χ1) is 9.19. The Kier molecular flexibility index (Phi) is 5.56. The molecule has 112 valence electrons. The lowest BCUT2D eigenvalue weighted by molar-refractivity contribution is -0.113. The smallest absolute Gasteiger partial charge is 0.239 e. The zero-order valence-electron chi connectivity index (χ0n) is 12.1. The molecular weight excluding hydrogens is 276 g/mol. The lowest BCUT2D eigenvalue weighted by atomic mass is 10.2. The van der Waals surface area contributed by atoms with Crippen molar-refractivity contribution in [2.45, 2.75) is 27.2 Å². The maximum atomic E-state index is 11.8. The molecule has 20 heavy (non-hydrogen) atoms. The lowest BCUT2D eigenvalue weighted by Crippen LogP contribution is -2.25. The highest BCUT2D eigenvalue weighted by Gasteiger charge is 2.17. The van der Waals surface area contributed by atoms with Gasteiger partial charge in [0.25, 0.3) is 0 Å². The van der Waals surface area contributed by atoms with Crippen LogP contribution in [0.2, 0.25) is 0 Å². The van der Waals surface area contributed by atoms with Gasteiger partial charge < -0.3 is 11.1 Å². The van der Waals surface area contributed by atoms with Crippen LogP contribution in [-0.2, 0) is 14.6 Å². The van der Waals surface area contributed by atoms with E-state index in [1.807, 2.05) is 20.8 Å². The third kappa shape index (κ3) is 5.61. The number of anilines is 2. The van der Waals surface area contributed by atoms with E-state index >= 15 is 0 Å². The van der Waals surface area contributed by atoms with E-state index in [1.54, 1.807) is 18.2 Å². The van der Waals surface area contributed by atoms with Gasteiger partial charge in [0.15, 0.2) is 9.84 Å². The highest BCUT2D eigenvalue weighted by molar-refractivity contribution is 7.92. The maximum Gasteiger partial charge on any atom is 0.239 e. The van der Waals surface area contributed by atoms with Crippen molar-refractivity contribution in [2.24, 2.45) is 5.92 Å². The summed E-state index contributed by atoms with van der Waals surface area (Å²) in [7, 11) is -3.36. The zero-order chi connectivity index (χ0) is 15.3. The van der Waals surface area contributed by atoms with Crippen LogP contribution < -0.4 is 11.1 Å². The Morgan fingerprint density at radius 3 is 2.55 bits per heavy atom. The van der Waals surface area contributed by atoms with E-state index in [4.69, 9.17) is 5.73 Å². The number of carbonyl (C=O) groups is 1. The Labute approximate surface area is 120 Å². The minimum absolute atomic E-state index is 0.0358. The van der Waals surface area contributed by atoms with E-state index in [1.165, 1.54) is 0 Å². The van der Waals surface area contributed by atoms with Gasteiger partial charge in [0.05, 0.1) is 5.75 Å². The summed E-state index contributed by atoms with van der Waals surface area (Å²) in [5.41, 5.74) is 7.72. The molecule has 0 radical (unpaired) electrons. The number of hydrogen-bond acceptors (Lipinski definition) is 4. The summed E-state index contributed by atoms with van der Waals surface area (Å²) < 4.78 is 23.5. The number of nitrogens with one attached hydrogen (secondary N) is 1. The molecule has 1 aromatic rings. The van der Waals surface area contributed by atoms with Crippen molar-refractivity contribution in [1.82, 2.24) is 0 Å². The van der Waals surface area contributed by atoms with Crippen molar-refractivity contribution in [3.63, 3.8) is 0 Å². The highest BCUT2D eigenvalue weighted by atomic mass is 32.2. The summed E-state index contributed by atoms with van der Waals surface area (Å²) in [5.74, 6) is -0.691. The molecule has 0 aliphatic rings. The number of rotatable bonds is 6. The second-order valence-corrected chi connectivity index (χ2v) is 7.58. The first-order valence-corrected chi connectivity index (χ1v) is 8.38. The van der Waals surface area contributed by atoms with Crippen molar-refractivity contribution < 1.29 is 13.2 Å². The fourth-order valence-corrected chi connectivity index (χ4v) is 3.05. The number of carbonyl (C=O) groups excluding carboxylic acids is 1. The molecule has 0 saturated carbocycles. The van der Waals surface area contributed by atoms with Crippen LogP contribution in [0.4, 0.5) is 11.4 Å². The standard InChI is InChI=1S/C14H22N2O3S/c1-10(2)6-7-20(18,19)9-14(17)16-12-5-4-11(3)13(15)8-12/h4-5,8,10H,6-7,9,15H2,1-3H3,(H,16,17). The van der Waals surface area contributed by atoms with E-state index < -0.39 is 21.5 Å². The van der Waals surface area contributed by atoms with Crippen LogP contribution in [0.5, 0.6) is 0 Å². The minimum Gasteiger partial charge on any atom is -0.398 e. The second kappa shape index (κ2) is 6.74. The SMILES string of the molecule is Cc1ccc(NC(=O)CS(=O)(=O)CCC(C)C)cc1N. The van der Waals surface area contributed by atoms with E-state index in [9.17, 15) is 13.2 Å². The van der Waals surface area contributed by atoms with Crippen molar-refractivity contribution >= 4 is 27.1 Å². The van der Waals surface area contributed by atoms with Gasteiger partial charge in [-0.15, -0.1) is 0 Å². The van der Waals surface area contributed by atoms with E-state index in [0.717, 1.165) is 5.56 Å². The van der Waals surface area contributed by atoms with Gasteiger partial charge in [-0.05, 0) is 37.0 Å². The number of benzene rings is 1. The monoisotopic (exact) mass is 298 g/mol. The van der Waals surface area contributed by atoms with Crippen molar-refractivity contribution in [3.8, 4) is 0 Å². The molecule has 0 fully saturated rings. The summed E-state index contributed by atoms with van der Waals surface area (Å²) in [6.45, 7) is 5.76. The fourth-order valence-electron chi connectivity index (χ4n) is 1.60. The molecule has 0 saturated heterocycles. The summed E-state index contributed by atoms with van der Waals surface area (Å²) in [4.78, 5) is 11.7. The molecule has 0 bridgehead atoms. The number of aryl methyl sites for hydroxylation is 1. The van der Waals surface area contributed by atoms with Crippen LogP contribution in [-0.4, -0.2) is 25.8 Å². The molecule has 1 amide bonds. The van der Waals surface area contributed by atoms with Crippen LogP contribution in [0, 0.1) is 12.8 Å². The third-order valence-corrected chi connectivity index (χ3v) is 4.48. The molecule has 0 atom stereocenters. The van der Waals surface area contributed by atoms with Crippen molar-refractivity contribution in [1.29, 1.82) is 0 Å². The molecule has 0 aromatic heterocycles. The molecule has 0 unspecified atom stereocenters. The molecule has 1 aromatic carbocycles. The molecule has 0 heterocycles. The average molecular weight is 298 g/mol. The summed E-state index contributed by atoms with van der Waals surface area (Å²) in [6, 6.07) is 5.09. The number of sulfone groups is 1. The molecule has 5 nitrogen and oxygen atoms in total. The first kappa shape index (κ1) is 16.5. The van der Waals surface area contributed by atoms with Gasteiger partial charge in [0, 0.05) is 11.4 Å². The van der Waals surface area contributed by atoms with Gasteiger partial charge in [-0.2, -0.15) is 0 Å². The first-order valence-electron chi connectivity index (χ1n) is 6.56. The van der Waals surface area contributed by atoms with Gasteiger partial charge in [-0.1, -0.05) is 19.9 Å². The number of amides is 1. The Morgan fingerprint density at radius 1 is 1.35 bits per heavy atom. The van der Waals surface area contributed by atoms with Crippen LogP contribution >= 0.6 is 0 Å². The Balaban J connectivity index is 2.61. The van der Waals surface area contributed by atoms with Gasteiger partial charge in [-0.3, -0.25) is 4.79 Å². The van der Waals surface area contributed by atoms with E-state index in [0.29, 0.717) is 23.7 Å². The molecule has 3 N–H and O–H groups in total. The van der Waals surface area contributed by atoms with Crippen LogP contribution in [0.3, 0.4) is 0 Å². The second-order valence-electron chi connectivity index (χ2n) is 5.39. The Hall–Kier alpha value is -1.56. The lowest BCUT2D eigenvalue weighted by Gasteiger charge is -2.09. The topological polar surface area (TPSA) is 89.3 Å². The Morgan fingerprint density at radius 2 is 2.00 bits per heavy atom. The number of hydrogen-bond donors (Lipinski definition) is 2. The summed E-state index contributed by atoms with van der Waals surface area (Å²) in [6.07, 6.45) is 0.563. The summed E-state index contributed by atoms with van der Waals surface area (Å²) in [5, 5.41) is 2.56. The molecule has 6 heteroatoms. The van der Waals surface area contributed by atoms with Crippen molar-refractivity contribution in [3.05, 3.63) is 23.8 Å². The highest BCUT2D eigenvalue weighted by Crippen LogP contribution is 2.17. The van der Waals surface area contributed by atoms with Gasteiger partial charge >= 0.3 is 0 Å². The normalized spacial score (nSPS) is 11.6. The van der Waals surface area contributed by atoms with E-state index in [2.05, 4.69) is 5.32 Å². The molecule has 1 rings (SSSR count). The fraction of sp³-hybridized carbons (Fsp3) is 0.500. The summed E-state index contributed by atoms with van der Waals surface area (Å²) >= 11 is 0. The van der Waals surface area contributed by atoms with Crippen LogP contribution in [0.1, 0.15) is 25.8 Å². The van der Waals surface area contributed by atoms with Gasteiger partial charge in [0.1, 0.15) is 5.75 Å². The van der Waals surface area contributed by atoms with Crippen molar-refractivity contribution in [2.75, 3.05) is 22.6 Å². The Bertz CT molecular complexity index is 580. The van der Waals surface area contributed by atoms with E-state index in [-0.39, 0.29) is 5.75 Å². The molecular formula is C14H22N2O3S. The molecule has 0 aliphatic heterocycles. The number of nitrogens with two attached hydrogens (primary N) is 1. The largest absolute Gasteiger partial charge is 0.398 e. The predicted molar refractivity (Wildman–Crippen MR) is 82.3 cm³/mol. The molecule has 0 aliphatic carbocycles. The van der Waals surface area contributed by atoms with Gasteiger partial charge in [0.2, 0.25) is 5.91 Å². The van der Waals surface area contributed by atoms with Crippen LogP contribution in [0.15, 0.2) is 18.2 Å². The van der Waals surface area contributed by atoms with Gasteiger partial charge in [-0.25, -0.2) is 8.42 Å². The maximum absolute atomic E-state index is 11.8.